The number of carbonyl (C=O) groups is 1. The van der Waals surface area contributed by atoms with Crippen molar-refractivity contribution in [1.29, 1.82) is 0 Å². The number of fused-ring (bicyclic) bond motifs is 3. The Balaban J connectivity index is 2.08. The van der Waals surface area contributed by atoms with Gasteiger partial charge in [-0.05, 0) is 44.2 Å². The molecule has 5 heteroatoms. The van der Waals surface area contributed by atoms with Gasteiger partial charge in [-0.3, -0.25) is 4.79 Å². The van der Waals surface area contributed by atoms with Gasteiger partial charge in [0.25, 0.3) is 0 Å². The van der Waals surface area contributed by atoms with E-state index in [0.717, 1.165) is 78.0 Å². The molecule has 0 amide bonds. The number of esters is 1. The van der Waals surface area contributed by atoms with Crippen LogP contribution in [0.25, 0.3) is 22.3 Å². The number of methoxy groups -OCH3 is 1. The van der Waals surface area contributed by atoms with E-state index in [1.54, 1.807) is 0 Å². The Hall–Kier alpha value is -2.69. The van der Waals surface area contributed by atoms with Gasteiger partial charge in [0, 0.05) is 24.2 Å². The fraction of sp³-hybridized carbons (Fsp3) is 0.458. The molecule has 1 aliphatic rings. The summed E-state index contributed by atoms with van der Waals surface area (Å²) in [6.07, 6.45) is 4.92. The summed E-state index contributed by atoms with van der Waals surface area (Å²) < 4.78 is 7.53. The molecule has 1 atom stereocenters. The van der Waals surface area contributed by atoms with Gasteiger partial charge in [0.15, 0.2) is 5.65 Å². The molecule has 1 unspecified atom stereocenters. The van der Waals surface area contributed by atoms with Crippen LogP contribution in [-0.2, 0) is 22.5 Å². The highest BCUT2D eigenvalue weighted by Gasteiger charge is 2.30. The Labute approximate surface area is 172 Å². The zero-order valence-electron chi connectivity index (χ0n) is 17.8. The molecule has 0 spiro atoms. The van der Waals surface area contributed by atoms with E-state index in [9.17, 15) is 4.79 Å². The summed E-state index contributed by atoms with van der Waals surface area (Å²) in [5, 5.41) is 0. The van der Waals surface area contributed by atoms with Crippen LogP contribution in [-0.4, -0.2) is 27.6 Å². The van der Waals surface area contributed by atoms with Crippen molar-refractivity contribution in [1.82, 2.24) is 14.5 Å². The molecule has 0 bridgehead atoms. The van der Waals surface area contributed by atoms with Gasteiger partial charge in [-0.15, -0.1) is 0 Å². The third kappa shape index (κ3) is 3.43. The summed E-state index contributed by atoms with van der Waals surface area (Å²) in [6.45, 7) is 7.14. The van der Waals surface area contributed by atoms with Gasteiger partial charge in [-0.25, -0.2) is 9.97 Å². The van der Waals surface area contributed by atoms with Crippen molar-refractivity contribution in [3.63, 3.8) is 0 Å². The Kier molecular flexibility index (Phi) is 5.39. The van der Waals surface area contributed by atoms with E-state index in [4.69, 9.17) is 14.7 Å². The van der Waals surface area contributed by atoms with Gasteiger partial charge in [0.2, 0.25) is 0 Å². The summed E-state index contributed by atoms with van der Waals surface area (Å²) in [7, 11) is 1.47. The number of benzene rings is 1. The molecule has 2 aromatic heterocycles. The lowest BCUT2D eigenvalue weighted by Gasteiger charge is -2.23. The highest BCUT2D eigenvalue weighted by Crippen LogP contribution is 2.40. The average Bonchev–Trinajstić information content (AvgIpc) is 3.09. The predicted octanol–water partition coefficient (Wildman–Crippen LogP) is 5.11. The number of hydrogen-bond acceptors (Lipinski definition) is 4. The lowest BCUT2D eigenvalue weighted by atomic mass is 9.86. The van der Waals surface area contributed by atoms with E-state index < -0.39 is 0 Å². The van der Waals surface area contributed by atoms with Gasteiger partial charge in [0.05, 0.1) is 18.5 Å². The van der Waals surface area contributed by atoms with Gasteiger partial charge >= 0.3 is 5.97 Å². The minimum Gasteiger partial charge on any atom is -0.469 e. The molecule has 3 aromatic rings. The molecule has 0 N–H and O–H groups in total. The van der Waals surface area contributed by atoms with Gasteiger partial charge in [0.1, 0.15) is 5.82 Å². The van der Waals surface area contributed by atoms with E-state index in [0.29, 0.717) is 0 Å². The molecular weight excluding hydrogens is 362 g/mol. The zero-order chi connectivity index (χ0) is 20.5. The molecule has 0 aliphatic carbocycles. The van der Waals surface area contributed by atoms with Crippen LogP contribution in [0.2, 0.25) is 0 Å². The highest BCUT2D eigenvalue weighted by atomic mass is 16.5. The maximum Gasteiger partial charge on any atom is 0.313 e. The molecule has 0 radical (unpaired) electrons. The molecule has 152 valence electrons. The van der Waals surface area contributed by atoms with Crippen LogP contribution in [0.1, 0.15) is 61.2 Å². The summed E-state index contributed by atoms with van der Waals surface area (Å²) in [4.78, 5) is 22.5. The summed E-state index contributed by atoms with van der Waals surface area (Å²) in [6, 6.07) is 8.55. The van der Waals surface area contributed by atoms with E-state index in [-0.39, 0.29) is 11.9 Å². The maximum atomic E-state index is 12.8. The molecule has 4 rings (SSSR count). The SMILES string of the molecule is CCCC(C(=O)OC)c1c(C)nc2nc3n(c2c1-c1ccc(C)cc1)CCCC3. The summed E-state index contributed by atoms with van der Waals surface area (Å²) in [5.41, 5.74) is 7.13. The van der Waals surface area contributed by atoms with E-state index >= 15 is 0 Å². The van der Waals surface area contributed by atoms with Crippen LogP contribution in [0.3, 0.4) is 0 Å². The normalized spacial score (nSPS) is 14.6. The average molecular weight is 392 g/mol. The van der Waals surface area contributed by atoms with Gasteiger partial charge < -0.3 is 9.30 Å². The lowest BCUT2D eigenvalue weighted by molar-refractivity contribution is -0.142. The first-order chi connectivity index (χ1) is 14.0. The standard InChI is InChI=1S/C24H29N3O2/c1-5-8-18(24(28)29-4)20-16(3)25-23-22(27-14-7-6-9-19(27)26-23)21(20)17-12-10-15(2)11-13-17/h10-13,18H,5-9,14H2,1-4H3. The van der Waals surface area contributed by atoms with Crippen molar-refractivity contribution in [3.8, 4) is 11.1 Å². The minimum absolute atomic E-state index is 0.192. The number of imidazole rings is 1. The molecule has 1 aromatic carbocycles. The van der Waals surface area contributed by atoms with Crippen molar-refractivity contribution in [2.75, 3.05) is 7.11 Å². The fourth-order valence-electron chi connectivity index (χ4n) is 4.57. The van der Waals surface area contributed by atoms with E-state index in [1.807, 2.05) is 6.92 Å². The number of nitrogens with zero attached hydrogens (tertiary/aromatic N) is 3. The van der Waals surface area contributed by atoms with E-state index in [2.05, 4.69) is 42.7 Å². The molecule has 1 aliphatic heterocycles. The Morgan fingerprint density at radius 3 is 2.62 bits per heavy atom. The van der Waals surface area contributed by atoms with Gasteiger partial charge in [-0.1, -0.05) is 43.2 Å². The molecule has 0 saturated carbocycles. The van der Waals surface area contributed by atoms with Crippen LogP contribution in [0.5, 0.6) is 0 Å². The topological polar surface area (TPSA) is 57.0 Å². The second kappa shape index (κ2) is 7.97. The third-order valence-electron chi connectivity index (χ3n) is 5.98. The number of ether oxygens (including phenoxy) is 1. The van der Waals surface area contributed by atoms with Crippen LogP contribution >= 0.6 is 0 Å². The molecule has 3 heterocycles. The number of rotatable bonds is 5. The quantitative estimate of drug-likeness (QED) is 0.567. The van der Waals surface area contributed by atoms with Crippen LogP contribution < -0.4 is 0 Å². The number of pyridine rings is 1. The second-order valence-corrected chi connectivity index (χ2v) is 8.03. The lowest BCUT2D eigenvalue weighted by Crippen LogP contribution is -2.18. The van der Waals surface area contributed by atoms with Crippen LogP contribution in [0.15, 0.2) is 24.3 Å². The van der Waals surface area contributed by atoms with Crippen molar-refractivity contribution in [2.45, 2.75) is 65.3 Å². The molecule has 0 fully saturated rings. The van der Waals surface area contributed by atoms with Crippen molar-refractivity contribution >= 4 is 17.1 Å². The molecule has 29 heavy (non-hydrogen) atoms. The molecular formula is C24H29N3O2. The smallest absolute Gasteiger partial charge is 0.313 e. The monoisotopic (exact) mass is 391 g/mol. The Morgan fingerprint density at radius 2 is 1.93 bits per heavy atom. The first-order valence-corrected chi connectivity index (χ1v) is 10.6. The van der Waals surface area contributed by atoms with Crippen LogP contribution in [0, 0.1) is 13.8 Å². The van der Waals surface area contributed by atoms with E-state index in [1.165, 1.54) is 12.7 Å². The van der Waals surface area contributed by atoms with Crippen LogP contribution in [0.4, 0.5) is 0 Å². The summed E-state index contributed by atoms with van der Waals surface area (Å²) >= 11 is 0. The first-order valence-electron chi connectivity index (χ1n) is 10.6. The van der Waals surface area contributed by atoms with Crippen molar-refractivity contribution in [2.24, 2.45) is 0 Å². The Morgan fingerprint density at radius 1 is 1.17 bits per heavy atom. The minimum atomic E-state index is -0.326. The summed E-state index contributed by atoms with van der Waals surface area (Å²) in [5.74, 6) is 0.588. The number of aryl methyl sites for hydroxylation is 4. The van der Waals surface area contributed by atoms with Crippen molar-refractivity contribution in [3.05, 3.63) is 46.9 Å². The second-order valence-electron chi connectivity index (χ2n) is 8.03. The zero-order valence-corrected chi connectivity index (χ0v) is 17.8. The first kappa shape index (κ1) is 19.6. The number of aromatic nitrogens is 3. The predicted molar refractivity (Wildman–Crippen MR) is 115 cm³/mol. The largest absolute Gasteiger partial charge is 0.469 e. The highest BCUT2D eigenvalue weighted by molar-refractivity contribution is 5.96. The fourth-order valence-corrected chi connectivity index (χ4v) is 4.57. The van der Waals surface area contributed by atoms with Crippen molar-refractivity contribution < 1.29 is 9.53 Å². The third-order valence-corrected chi connectivity index (χ3v) is 5.98. The van der Waals surface area contributed by atoms with Gasteiger partial charge in [-0.2, -0.15) is 0 Å². The Bertz CT molecular complexity index is 1050. The number of hydrogen-bond donors (Lipinski definition) is 0. The maximum absolute atomic E-state index is 12.8. The molecule has 0 saturated heterocycles. The number of carbonyl (C=O) groups excluding carboxylic acids is 1. The molecule has 5 nitrogen and oxygen atoms in total.